The molecule has 2 fully saturated rings. The average molecular weight is 281 g/mol. The van der Waals surface area contributed by atoms with E-state index in [4.69, 9.17) is 10.7 Å². The third-order valence-electron chi connectivity index (χ3n) is 5.34. The molecule has 0 amide bonds. The van der Waals surface area contributed by atoms with Crippen LogP contribution in [0.5, 0.6) is 0 Å². The minimum Gasteiger partial charge on any atom is -0.356 e. The number of aromatic nitrogens is 1. The number of nitrogens with zero attached hydrogens (tertiary/aromatic N) is 2. The van der Waals surface area contributed by atoms with Crippen molar-refractivity contribution in [2.45, 2.75) is 32.2 Å². The van der Waals surface area contributed by atoms with Crippen molar-refractivity contribution in [1.82, 2.24) is 4.98 Å². The quantitative estimate of drug-likeness (QED) is 0.873. The number of nitrogens with two attached hydrogens (primary N) is 1. The first-order valence-corrected chi connectivity index (χ1v) is 8.09. The van der Waals surface area contributed by atoms with Crippen LogP contribution in [0.3, 0.4) is 0 Å². The van der Waals surface area contributed by atoms with Gasteiger partial charge in [-0.1, -0.05) is 24.6 Å². The molecular formula is C18H23N3. The van der Waals surface area contributed by atoms with Gasteiger partial charge in [0.25, 0.3) is 0 Å². The largest absolute Gasteiger partial charge is 0.356 e. The molecule has 1 aliphatic carbocycles. The molecule has 4 rings (SSSR count). The van der Waals surface area contributed by atoms with E-state index in [-0.39, 0.29) is 0 Å². The Morgan fingerprint density at radius 3 is 2.90 bits per heavy atom. The zero-order valence-corrected chi connectivity index (χ0v) is 12.6. The van der Waals surface area contributed by atoms with Crippen LogP contribution in [-0.4, -0.2) is 24.1 Å². The van der Waals surface area contributed by atoms with E-state index in [0.717, 1.165) is 30.3 Å². The Labute approximate surface area is 126 Å². The summed E-state index contributed by atoms with van der Waals surface area (Å²) < 4.78 is 0. The lowest BCUT2D eigenvalue weighted by atomic mass is 9.78. The molecular weight excluding hydrogens is 258 g/mol. The fourth-order valence-corrected chi connectivity index (χ4v) is 4.22. The van der Waals surface area contributed by atoms with Gasteiger partial charge in [-0.2, -0.15) is 0 Å². The van der Waals surface area contributed by atoms with Gasteiger partial charge in [-0.3, -0.25) is 0 Å². The number of aryl methyl sites for hydroxylation is 1. The van der Waals surface area contributed by atoms with E-state index in [2.05, 4.69) is 42.2 Å². The molecule has 1 aromatic heterocycles. The summed E-state index contributed by atoms with van der Waals surface area (Å²) in [6, 6.07) is 11.0. The normalized spacial score (nSPS) is 28.9. The van der Waals surface area contributed by atoms with Crippen molar-refractivity contribution in [2.24, 2.45) is 17.6 Å². The van der Waals surface area contributed by atoms with Crippen molar-refractivity contribution < 1.29 is 0 Å². The maximum atomic E-state index is 6.34. The summed E-state index contributed by atoms with van der Waals surface area (Å²) in [4.78, 5) is 7.40. The molecule has 2 aliphatic rings. The van der Waals surface area contributed by atoms with Crippen LogP contribution in [-0.2, 0) is 0 Å². The zero-order chi connectivity index (χ0) is 14.4. The molecule has 1 aliphatic heterocycles. The molecule has 1 saturated carbocycles. The lowest BCUT2D eigenvalue weighted by Crippen LogP contribution is -2.38. The third-order valence-corrected chi connectivity index (χ3v) is 5.34. The molecule has 3 atom stereocenters. The lowest BCUT2D eigenvalue weighted by Gasteiger charge is -2.29. The van der Waals surface area contributed by atoms with E-state index < -0.39 is 0 Å². The summed E-state index contributed by atoms with van der Waals surface area (Å²) >= 11 is 0. The Bertz CT molecular complexity index is 667. The molecule has 1 saturated heterocycles. The molecule has 110 valence electrons. The van der Waals surface area contributed by atoms with Crippen LogP contribution in [0.1, 0.15) is 24.8 Å². The van der Waals surface area contributed by atoms with Gasteiger partial charge in [-0.25, -0.2) is 4.98 Å². The minimum absolute atomic E-state index is 0.384. The van der Waals surface area contributed by atoms with Crippen LogP contribution in [0.2, 0.25) is 0 Å². The second-order valence-corrected chi connectivity index (χ2v) is 6.75. The Morgan fingerprint density at radius 1 is 1.19 bits per heavy atom. The molecule has 3 nitrogen and oxygen atoms in total. The summed E-state index contributed by atoms with van der Waals surface area (Å²) in [5.74, 6) is 2.59. The predicted molar refractivity (Wildman–Crippen MR) is 87.5 cm³/mol. The van der Waals surface area contributed by atoms with Gasteiger partial charge in [-0.05, 0) is 49.3 Å². The first-order valence-electron chi connectivity index (χ1n) is 8.09. The van der Waals surface area contributed by atoms with E-state index in [1.807, 2.05) is 0 Å². The highest BCUT2D eigenvalue weighted by atomic mass is 15.2. The second kappa shape index (κ2) is 4.99. The van der Waals surface area contributed by atoms with Crippen molar-refractivity contribution in [3.63, 3.8) is 0 Å². The van der Waals surface area contributed by atoms with E-state index in [1.165, 1.54) is 30.2 Å². The molecule has 2 heterocycles. The number of hydrogen-bond acceptors (Lipinski definition) is 3. The van der Waals surface area contributed by atoms with Crippen molar-refractivity contribution >= 4 is 16.7 Å². The van der Waals surface area contributed by atoms with Crippen LogP contribution in [0.4, 0.5) is 5.82 Å². The predicted octanol–water partition coefficient (Wildman–Crippen LogP) is 3.11. The van der Waals surface area contributed by atoms with Gasteiger partial charge in [-0.15, -0.1) is 0 Å². The molecule has 1 aromatic carbocycles. The van der Waals surface area contributed by atoms with Gasteiger partial charge in [0.05, 0.1) is 5.52 Å². The molecule has 21 heavy (non-hydrogen) atoms. The highest BCUT2D eigenvalue weighted by Crippen LogP contribution is 2.38. The van der Waals surface area contributed by atoms with Gasteiger partial charge < -0.3 is 10.6 Å². The van der Waals surface area contributed by atoms with Crippen LogP contribution in [0, 0.1) is 18.8 Å². The Kier molecular flexibility index (Phi) is 3.11. The van der Waals surface area contributed by atoms with Gasteiger partial charge in [0.2, 0.25) is 0 Å². The fourth-order valence-electron chi connectivity index (χ4n) is 4.22. The number of anilines is 1. The van der Waals surface area contributed by atoms with Gasteiger partial charge in [0, 0.05) is 24.5 Å². The first kappa shape index (κ1) is 13.1. The number of hydrogen-bond donors (Lipinski definition) is 1. The summed E-state index contributed by atoms with van der Waals surface area (Å²) in [5.41, 5.74) is 8.72. The smallest absolute Gasteiger partial charge is 0.132 e. The van der Waals surface area contributed by atoms with Crippen LogP contribution < -0.4 is 10.6 Å². The SMILES string of the molecule is Cc1cc2ccccc2nc1N1CC2CCCC(N)C2C1. The summed E-state index contributed by atoms with van der Waals surface area (Å²) in [6.07, 6.45) is 3.82. The molecule has 0 bridgehead atoms. The van der Waals surface area contributed by atoms with Crippen molar-refractivity contribution in [1.29, 1.82) is 0 Å². The molecule has 2 N–H and O–H groups in total. The Hall–Kier alpha value is -1.61. The van der Waals surface area contributed by atoms with Crippen molar-refractivity contribution in [3.05, 3.63) is 35.9 Å². The Morgan fingerprint density at radius 2 is 2.05 bits per heavy atom. The summed E-state index contributed by atoms with van der Waals surface area (Å²) in [7, 11) is 0. The Balaban J connectivity index is 1.69. The maximum Gasteiger partial charge on any atom is 0.132 e. The molecule has 0 radical (unpaired) electrons. The van der Waals surface area contributed by atoms with Crippen LogP contribution in [0.25, 0.3) is 10.9 Å². The summed E-state index contributed by atoms with van der Waals surface area (Å²) in [6.45, 7) is 4.39. The van der Waals surface area contributed by atoms with E-state index in [9.17, 15) is 0 Å². The minimum atomic E-state index is 0.384. The first-order chi connectivity index (χ1) is 10.2. The van der Waals surface area contributed by atoms with E-state index in [1.54, 1.807) is 0 Å². The van der Waals surface area contributed by atoms with Gasteiger partial charge >= 0.3 is 0 Å². The van der Waals surface area contributed by atoms with Crippen molar-refractivity contribution in [2.75, 3.05) is 18.0 Å². The van der Waals surface area contributed by atoms with Crippen molar-refractivity contribution in [3.8, 4) is 0 Å². The van der Waals surface area contributed by atoms with Crippen LogP contribution >= 0.6 is 0 Å². The number of benzene rings is 1. The van der Waals surface area contributed by atoms with Gasteiger partial charge in [0.15, 0.2) is 0 Å². The number of pyridine rings is 1. The topological polar surface area (TPSA) is 42.2 Å². The average Bonchev–Trinajstić information content (AvgIpc) is 2.92. The van der Waals surface area contributed by atoms with Crippen LogP contribution in [0.15, 0.2) is 30.3 Å². The van der Waals surface area contributed by atoms with Gasteiger partial charge in [0.1, 0.15) is 5.82 Å². The second-order valence-electron chi connectivity index (χ2n) is 6.75. The number of para-hydroxylation sites is 1. The molecule has 3 heteroatoms. The fraction of sp³-hybridized carbons (Fsp3) is 0.500. The molecule has 0 spiro atoms. The van der Waals surface area contributed by atoms with E-state index in [0.29, 0.717) is 12.0 Å². The number of fused-ring (bicyclic) bond motifs is 2. The highest BCUT2D eigenvalue weighted by Gasteiger charge is 2.39. The molecule has 2 aromatic rings. The maximum absolute atomic E-state index is 6.34. The van der Waals surface area contributed by atoms with E-state index >= 15 is 0 Å². The lowest BCUT2D eigenvalue weighted by molar-refractivity contribution is 0.260. The monoisotopic (exact) mass is 281 g/mol. The summed E-state index contributed by atoms with van der Waals surface area (Å²) in [5, 5.41) is 1.23. The standard InChI is InChI=1S/C18H23N3/c1-12-9-13-5-2-3-8-17(13)20-18(12)21-10-14-6-4-7-16(19)15(14)11-21/h2-3,5,8-9,14-16H,4,6-7,10-11,19H2,1H3. The number of rotatable bonds is 1. The third kappa shape index (κ3) is 2.20. The molecule has 3 unspecified atom stereocenters. The zero-order valence-electron chi connectivity index (χ0n) is 12.6. The highest BCUT2D eigenvalue weighted by molar-refractivity contribution is 5.81.